The average Bonchev–Trinajstić information content (AvgIpc) is 2.60. The van der Waals surface area contributed by atoms with Gasteiger partial charge in [0.15, 0.2) is 0 Å². The van der Waals surface area contributed by atoms with Gasteiger partial charge in [-0.2, -0.15) is 0 Å². The predicted octanol–water partition coefficient (Wildman–Crippen LogP) is 2.82. The van der Waals surface area contributed by atoms with Gasteiger partial charge in [-0.3, -0.25) is 9.59 Å². The summed E-state index contributed by atoms with van der Waals surface area (Å²) in [6, 6.07) is 7.16. The molecule has 132 valence electrons. The molecule has 0 spiro atoms. The molecular formula is C19H21NO5. The number of para-hydroxylation sites is 1. The molecule has 2 heterocycles. The highest BCUT2D eigenvalue weighted by molar-refractivity contribution is 5.99. The maximum Gasteiger partial charge on any atom is 0.349 e. The third kappa shape index (κ3) is 3.57. The Balaban J connectivity index is 1.86. The van der Waals surface area contributed by atoms with Gasteiger partial charge >= 0.3 is 11.6 Å². The lowest BCUT2D eigenvalue weighted by atomic mass is 9.92. The molecule has 1 aromatic heterocycles. The smallest absolute Gasteiger partial charge is 0.349 e. The summed E-state index contributed by atoms with van der Waals surface area (Å²) in [6.07, 6.45) is 2.37. The van der Waals surface area contributed by atoms with Crippen LogP contribution in [0.25, 0.3) is 11.0 Å². The first-order valence-electron chi connectivity index (χ1n) is 8.51. The van der Waals surface area contributed by atoms with E-state index in [1.165, 1.54) is 0 Å². The van der Waals surface area contributed by atoms with E-state index in [2.05, 4.69) is 0 Å². The number of carboxylic acids is 1. The predicted molar refractivity (Wildman–Crippen MR) is 92.7 cm³/mol. The molecule has 1 atom stereocenters. The Labute approximate surface area is 145 Å². The highest BCUT2D eigenvalue weighted by Gasteiger charge is 2.28. The van der Waals surface area contributed by atoms with Gasteiger partial charge in [-0.15, -0.1) is 0 Å². The lowest BCUT2D eigenvalue weighted by Crippen LogP contribution is -2.42. The number of likely N-dealkylation sites (tertiary alicyclic amines) is 1. The van der Waals surface area contributed by atoms with Crippen molar-refractivity contribution in [1.29, 1.82) is 0 Å². The zero-order valence-electron chi connectivity index (χ0n) is 14.2. The van der Waals surface area contributed by atoms with Crippen molar-refractivity contribution < 1.29 is 19.1 Å². The van der Waals surface area contributed by atoms with Crippen molar-refractivity contribution in [2.75, 3.05) is 13.1 Å². The van der Waals surface area contributed by atoms with Gasteiger partial charge in [-0.05, 0) is 43.7 Å². The molecule has 1 unspecified atom stereocenters. The molecule has 0 aliphatic carbocycles. The van der Waals surface area contributed by atoms with Crippen molar-refractivity contribution >= 4 is 22.8 Å². The molecule has 1 fully saturated rings. The summed E-state index contributed by atoms with van der Waals surface area (Å²) in [5.41, 5.74) is 0.565. The fraction of sp³-hybridized carbons (Fsp3) is 0.421. The highest BCUT2D eigenvalue weighted by atomic mass is 16.4. The first kappa shape index (κ1) is 17.2. The number of amides is 1. The SMILES string of the molecule is Cc1c(C(=O)N2CCCC(CCC(=O)O)C2)c(=O)oc2ccccc12. The molecule has 6 heteroatoms. The second-order valence-electron chi connectivity index (χ2n) is 6.58. The van der Waals surface area contributed by atoms with Crippen LogP contribution >= 0.6 is 0 Å². The highest BCUT2D eigenvalue weighted by Crippen LogP contribution is 2.24. The van der Waals surface area contributed by atoms with Gasteiger partial charge in [-0.1, -0.05) is 18.2 Å². The van der Waals surface area contributed by atoms with E-state index in [9.17, 15) is 14.4 Å². The summed E-state index contributed by atoms with van der Waals surface area (Å²) < 4.78 is 5.31. The van der Waals surface area contributed by atoms with Crippen LogP contribution in [-0.2, 0) is 4.79 Å². The van der Waals surface area contributed by atoms with Gasteiger partial charge in [0, 0.05) is 24.9 Å². The molecule has 0 saturated carbocycles. The lowest BCUT2D eigenvalue weighted by Gasteiger charge is -2.32. The third-order valence-corrected chi connectivity index (χ3v) is 4.86. The molecule has 1 N–H and O–H groups in total. The zero-order valence-corrected chi connectivity index (χ0v) is 14.2. The molecule has 3 rings (SSSR count). The molecule has 0 bridgehead atoms. The standard InChI is InChI=1S/C19H21NO5/c1-12-14-6-2-3-7-15(14)25-19(24)17(12)18(23)20-10-4-5-13(11-20)8-9-16(21)22/h2-3,6-7,13H,4-5,8-11H2,1H3,(H,21,22). The van der Waals surface area contributed by atoms with E-state index in [0.717, 1.165) is 18.2 Å². The Morgan fingerprint density at radius 2 is 2.08 bits per heavy atom. The summed E-state index contributed by atoms with van der Waals surface area (Å²) in [4.78, 5) is 37.7. The number of carboxylic acid groups (broad SMARTS) is 1. The van der Waals surface area contributed by atoms with Crippen LogP contribution in [0.1, 0.15) is 41.6 Å². The number of fused-ring (bicyclic) bond motifs is 1. The normalized spacial score (nSPS) is 17.6. The summed E-state index contributed by atoms with van der Waals surface area (Å²) >= 11 is 0. The van der Waals surface area contributed by atoms with E-state index in [4.69, 9.17) is 9.52 Å². The number of aryl methyl sites for hydroxylation is 1. The second kappa shape index (κ2) is 7.09. The quantitative estimate of drug-likeness (QED) is 0.863. The van der Waals surface area contributed by atoms with E-state index >= 15 is 0 Å². The van der Waals surface area contributed by atoms with Crippen LogP contribution in [0.5, 0.6) is 0 Å². The zero-order chi connectivity index (χ0) is 18.0. The first-order chi connectivity index (χ1) is 12.0. The molecule has 1 aliphatic heterocycles. The van der Waals surface area contributed by atoms with E-state index in [1.54, 1.807) is 24.0 Å². The largest absolute Gasteiger partial charge is 0.481 e. The summed E-state index contributed by atoms with van der Waals surface area (Å²) in [5, 5.41) is 9.59. The summed E-state index contributed by atoms with van der Waals surface area (Å²) in [7, 11) is 0. The number of benzene rings is 1. The fourth-order valence-electron chi connectivity index (χ4n) is 3.52. The number of nitrogens with zero attached hydrogens (tertiary/aromatic N) is 1. The van der Waals surface area contributed by atoms with Crippen LogP contribution in [-0.4, -0.2) is 35.0 Å². The maximum absolute atomic E-state index is 12.9. The number of hydrogen-bond donors (Lipinski definition) is 1. The Morgan fingerprint density at radius 3 is 2.84 bits per heavy atom. The number of hydrogen-bond acceptors (Lipinski definition) is 4. The Kier molecular flexibility index (Phi) is 4.88. The topological polar surface area (TPSA) is 87.8 Å². The average molecular weight is 343 g/mol. The monoisotopic (exact) mass is 343 g/mol. The Morgan fingerprint density at radius 1 is 1.32 bits per heavy atom. The van der Waals surface area contributed by atoms with Crippen molar-refractivity contribution in [1.82, 2.24) is 4.90 Å². The Bertz CT molecular complexity index is 870. The van der Waals surface area contributed by atoms with Crippen molar-refractivity contribution in [3.8, 4) is 0 Å². The molecule has 6 nitrogen and oxygen atoms in total. The van der Waals surface area contributed by atoms with Crippen LogP contribution in [0, 0.1) is 12.8 Å². The summed E-state index contributed by atoms with van der Waals surface area (Å²) in [5.74, 6) is -0.993. The van der Waals surface area contributed by atoms with E-state index in [-0.39, 0.29) is 23.8 Å². The fourth-order valence-corrected chi connectivity index (χ4v) is 3.52. The maximum atomic E-state index is 12.9. The second-order valence-corrected chi connectivity index (χ2v) is 6.58. The molecule has 1 saturated heterocycles. The third-order valence-electron chi connectivity index (χ3n) is 4.86. The van der Waals surface area contributed by atoms with Crippen molar-refractivity contribution in [2.24, 2.45) is 5.92 Å². The van der Waals surface area contributed by atoms with Crippen molar-refractivity contribution in [3.63, 3.8) is 0 Å². The minimum absolute atomic E-state index is 0.0811. The Hall–Kier alpha value is -2.63. The molecule has 1 aliphatic rings. The van der Waals surface area contributed by atoms with Crippen LogP contribution < -0.4 is 5.63 Å². The summed E-state index contributed by atoms with van der Waals surface area (Å²) in [6.45, 7) is 2.82. The van der Waals surface area contributed by atoms with Gasteiger partial charge in [0.05, 0.1) is 0 Å². The van der Waals surface area contributed by atoms with Gasteiger partial charge in [0.1, 0.15) is 11.1 Å². The van der Waals surface area contributed by atoms with Crippen LogP contribution in [0.3, 0.4) is 0 Å². The van der Waals surface area contributed by atoms with Crippen molar-refractivity contribution in [2.45, 2.75) is 32.6 Å². The van der Waals surface area contributed by atoms with Crippen LogP contribution in [0.4, 0.5) is 0 Å². The molecule has 1 aromatic carbocycles. The van der Waals surface area contributed by atoms with Crippen LogP contribution in [0.15, 0.2) is 33.5 Å². The van der Waals surface area contributed by atoms with Gasteiger partial charge < -0.3 is 14.4 Å². The van der Waals surface area contributed by atoms with E-state index in [0.29, 0.717) is 30.7 Å². The molecular weight excluding hydrogens is 322 g/mol. The minimum Gasteiger partial charge on any atom is -0.481 e. The number of piperidine rings is 1. The lowest BCUT2D eigenvalue weighted by molar-refractivity contribution is -0.137. The number of rotatable bonds is 4. The van der Waals surface area contributed by atoms with Gasteiger partial charge in [0.25, 0.3) is 5.91 Å². The number of carbonyl (C=O) groups is 2. The van der Waals surface area contributed by atoms with E-state index in [1.807, 2.05) is 12.1 Å². The molecule has 2 aromatic rings. The minimum atomic E-state index is -0.825. The van der Waals surface area contributed by atoms with E-state index < -0.39 is 11.6 Å². The van der Waals surface area contributed by atoms with Gasteiger partial charge in [-0.25, -0.2) is 4.79 Å². The first-order valence-corrected chi connectivity index (χ1v) is 8.51. The molecule has 0 radical (unpaired) electrons. The number of carbonyl (C=O) groups excluding carboxylic acids is 1. The number of aliphatic carboxylic acids is 1. The van der Waals surface area contributed by atoms with Crippen molar-refractivity contribution in [3.05, 3.63) is 45.8 Å². The molecule has 25 heavy (non-hydrogen) atoms. The van der Waals surface area contributed by atoms with Crippen LogP contribution in [0.2, 0.25) is 0 Å². The van der Waals surface area contributed by atoms with Gasteiger partial charge in [0.2, 0.25) is 0 Å². The molecule has 1 amide bonds.